The van der Waals surface area contributed by atoms with Gasteiger partial charge in [0, 0.05) is 25.4 Å². The van der Waals surface area contributed by atoms with Crippen molar-refractivity contribution >= 4 is 9.84 Å². The zero-order valence-electron chi connectivity index (χ0n) is 11.9. The fraction of sp³-hybridized carbons (Fsp3) is 0.600. The fourth-order valence-electron chi connectivity index (χ4n) is 3.30. The molecule has 1 atom stereocenters. The van der Waals surface area contributed by atoms with Crippen molar-refractivity contribution in [2.75, 3.05) is 25.9 Å². The van der Waals surface area contributed by atoms with Crippen molar-refractivity contribution in [3.8, 4) is 0 Å². The predicted octanol–water partition coefficient (Wildman–Crippen LogP) is 1.27. The second-order valence-electron chi connectivity index (χ2n) is 6.04. The Morgan fingerprint density at radius 2 is 1.85 bits per heavy atom. The lowest BCUT2D eigenvalue weighted by molar-refractivity contribution is 0.0720. The molecule has 110 valence electrons. The summed E-state index contributed by atoms with van der Waals surface area (Å²) in [5, 5.41) is 3.64. The summed E-state index contributed by atoms with van der Waals surface area (Å²) < 4.78 is 22.8. The first-order valence-corrected chi connectivity index (χ1v) is 9.16. The fourth-order valence-corrected chi connectivity index (χ4v) is 3.93. The molecule has 0 saturated carbocycles. The van der Waals surface area contributed by atoms with Crippen molar-refractivity contribution in [3.63, 3.8) is 0 Å². The van der Waals surface area contributed by atoms with Crippen LogP contribution in [0.1, 0.15) is 18.4 Å². The number of hydrogen-bond acceptors (Lipinski definition) is 4. The molecule has 5 heteroatoms. The third kappa shape index (κ3) is 3.05. The molecule has 3 fully saturated rings. The van der Waals surface area contributed by atoms with E-state index in [0.29, 0.717) is 10.9 Å². The van der Waals surface area contributed by atoms with Crippen LogP contribution in [-0.2, 0) is 16.4 Å². The Labute approximate surface area is 121 Å². The number of sulfone groups is 1. The standard InChI is InChI=1S/C15H22N2O2S/c1-20(18,19)14-4-2-12(3-5-14)10-16-15-11-17-8-6-13(15)7-9-17/h2-5,13,15-16H,6-11H2,1H3. The van der Waals surface area contributed by atoms with Crippen molar-refractivity contribution in [1.82, 2.24) is 10.2 Å². The normalized spacial score (nSPS) is 29.6. The largest absolute Gasteiger partial charge is 0.308 e. The monoisotopic (exact) mass is 294 g/mol. The van der Waals surface area contributed by atoms with Crippen LogP contribution >= 0.6 is 0 Å². The molecule has 3 heterocycles. The van der Waals surface area contributed by atoms with Gasteiger partial charge in [-0.1, -0.05) is 12.1 Å². The van der Waals surface area contributed by atoms with E-state index in [1.54, 1.807) is 12.1 Å². The molecule has 3 saturated heterocycles. The van der Waals surface area contributed by atoms with Crippen molar-refractivity contribution in [2.24, 2.45) is 5.92 Å². The van der Waals surface area contributed by atoms with Crippen LogP contribution < -0.4 is 5.32 Å². The molecule has 4 nitrogen and oxygen atoms in total. The molecule has 0 spiro atoms. The van der Waals surface area contributed by atoms with Crippen molar-refractivity contribution in [3.05, 3.63) is 29.8 Å². The summed E-state index contributed by atoms with van der Waals surface area (Å²) in [5.41, 5.74) is 1.15. The lowest BCUT2D eigenvalue weighted by atomic mass is 9.84. The number of nitrogens with one attached hydrogen (secondary N) is 1. The average molecular weight is 294 g/mol. The maximum Gasteiger partial charge on any atom is 0.175 e. The van der Waals surface area contributed by atoms with Gasteiger partial charge in [-0.15, -0.1) is 0 Å². The number of piperidine rings is 3. The van der Waals surface area contributed by atoms with E-state index in [9.17, 15) is 8.42 Å². The van der Waals surface area contributed by atoms with Crippen LogP contribution in [0.3, 0.4) is 0 Å². The highest BCUT2D eigenvalue weighted by molar-refractivity contribution is 7.90. The van der Waals surface area contributed by atoms with E-state index < -0.39 is 9.84 Å². The second kappa shape index (κ2) is 5.47. The van der Waals surface area contributed by atoms with Crippen molar-refractivity contribution < 1.29 is 8.42 Å². The van der Waals surface area contributed by atoms with Crippen LogP contribution in [0.25, 0.3) is 0 Å². The molecule has 1 aromatic rings. The molecule has 2 bridgehead atoms. The van der Waals surface area contributed by atoms with E-state index in [1.165, 1.54) is 32.2 Å². The summed E-state index contributed by atoms with van der Waals surface area (Å²) >= 11 is 0. The smallest absolute Gasteiger partial charge is 0.175 e. The van der Waals surface area contributed by atoms with Gasteiger partial charge in [0.2, 0.25) is 0 Å². The summed E-state index contributed by atoms with van der Waals surface area (Å²) in [4.78, 5) is 2.92. The van der Waals surface area contributed by atoms with E-state index in [2.05, 4.69) is 10.2 Å². The molecule has 0 aliphatic carbocycles. The highest BCUT2D eigenvalue weighted by Gasteiger charge is 2.33. The zero-order valence-corrected chi connectivity index (χ0v) is 12.7. The Morgan fingerprint density at radius 3 is 2.35 bits per heavy atom. The van der Waals surface area contributed by atoms with Crippen LogP contribution in [0.15, 0.2) is 29.2 Å². The second-order valence-corrected chi connectivity index (χ2v) is 8.06. The number of benzene rings is 1. The minimum absolute atomic E-state index is 0.393. The first kappa shape index (κ1) is 14.0. The highest BCUT2D eigenvalue weighted by Crippen LogP contribution is 2.27. The van der Waals surface area contributed by atoms with Gasteiger partial charge >= 0.3 is 0 Å². The summed E-state index contributed by atoms with van der Waals surface area (Å²) in [5.74, 6) is 0.815. The van der Waals surface area contributed by atoms with Gasteiger partial charge in [0.15, 0.2) is 9.84 Å². The van der Waals surface area contributed by atoms with E-state index in [4.69, 9.17) is 0 Å². The molecular weight excluding hydrogens is 272 g/mol. The molecule has 4 rings (SSSR count). The third-order valence-corrected chi connectivity index (χ3v) is 5.70. The van der Waals surface area contributed by atoms with Crippen LogP contribution in [0, 0.1) is 5.92 Å². The summed E-state index contributed by atoms with van der Waals surface area (Å²) in [6.07, 6.45) is 3.86. The van der Waals surface area contributed by atoms with E-state index in [-0.39, 0.29) is 0 Å². The zero-order chi connectivity index (χ0) is 14.2. The number of rotatable bonds is 4. The van der Waals surface area contributed by atoms with Crippen LogP contribution in [0.2, 0.25) is 0 Å². The molecule has 3 aliphatic heterocycles. The Kier molecular flexibility index (Phi) is 3.84. The minimum Gasteiger partial charge on any atom is -0.308 e. The SMILES string of the molecule is CS(=O)(=O)c1ccc(CNC2CN3CCC2CC3)cc1. The molecular formula is C15H22N2O2S. The van der Waals surface area contributed by atoms with Gasteiger partial charge in [0.1, 0.15) is 0 Å². The van der Waals surface area contributed by atoms with Gasteiger partial charge in [-0.2, -0.15) is 0 Å². The Bertz CT molecular complexity index is 560. The Morgan fingerprint density at radius 1 is 1.20 bits per heavy atom. The number of hydrogen-bond donors (Lipinski definition) is 1. The first-order chi connectivity index (χ1) is 9.52. The molecule has 3 aliphatic rings. The summed E-state index contributed by atoms with van der Waals surface area (Å²) in [6, 6.07) is 7.80. The van der Waals surface area contributed by atoms with Gasteiger partial charge in [-0.3, -0.25) is 0 Å². The van der Waals surface area contributed by atoms with Gasteiger partial charge in [-0.05, 0) is 49.5 Å². The lowest BCUT2D eigenvalue weighted by Crippen LogP contribution is -2.55. The summed E-state index contributed by atoms with van der Waals surface area (Å²) in [7, 11) is -3.09. The molecule has 0 aromatic heterocycles. The third-order valence-electron chi connectivity index (χ3n) is 4.58. The molecule has 1 unspecified atom stereocenters. The average Bonchev–Trinajstić information content (AvgIpc) is 2.46. The number of nitrogens with zero attached hydrogens (tertiary/aromatic N) is 1. The predicted molar refractivity (Wildman–Crippen MR) is 79.3 cm³/mol. The lowest BCUT2D eigenvalue weighted by Gasteiger charge is -2.45. The van der Waals surface area contributed by atoms with Crippen molar-refractivity contribution in [2.45, 2.75) is 30.3 Å². The summed E-state index contributed by atoms with van der Waals surface area (Å²) in [6.45, 7) is 4.49. The first-order valence-electron chi connectivity index (χ1n) is 7.27. The van der Waals surface area contributed by atoms with E-state index in [0.717, 1.165) is 24.6 Å². The van der Waals surface area contributed by atoms with Gasteiger partial charge in [0.05, 0.1) is 4.90 Å². The molecule has 0 amide bonds. The quantitative estimate of drug-likeness (QED) is 0.909. The van der Waals surface area contributed by atoms with Crippen LogP contribution in [0.4, 0.5) is 0 Å². The minimum atomic E-state index is -3.09. The maximum absolute atomic E-state index is 11.4. The Balaban J connectivity index is 1.59. The van der Waals surface area contributed by atoms with Gasteiger partial charge < -0.3 is 10.2 Å². The van der Waals surface area contributed by atoms with E-state index >= 15 is 0 Å². The molecule has 1 N–H and O–H groups in total. The molecule has 1 aromatic carbocycles. The molecule has 0 radical (unpaired) electrons. The number of fused-ring (bicyclic) bond motifs is 3. The highest BCUT2D eigenvalue weighted by atomic mass is 32.2. The Hall–Kier alpha value is -0.910. The molecule has 20 heavy (non-hydrogen) atoms. The topological polar surface area (TPSA) is 49.4 Å². The van der Waals surface area contributed by atoms with Gasteiger partial charge in [-0.25, -0.2) is 8.42 Å². The van der Waals surface area contributed by atoms with E-state index in [1.807, 2.05) is 12.1 Å². The van der Waals surface area contributed by atoms with Crippen LogP contribution in [-0.4, -0.2) is 45.2 Å². The van der Waals surface area contributed by atoms with Crippen molar-refractivity contribution in [1.29, 1.82) is 0 Å². The van der Waals surface area contributed by atoms with Gasteiger partial charge in [0.25, 0.3) is 0 Å². The van der Waals surface area contributed by atoms with Crippen LogP contribution in [0.5, 0.6) is 0 Å². The maximum atomic E-state index is 11.4.